The van der Waals surface area contributed by atoms with Gasteiger partial charge in [-0.15, -0.1) is 0 Å². The van der Waals surface area contributed by atoms with Gasteiger partial charge < -0.3 is 4.74 Å². The monoisotopic (exact) mass is 299 g/mol. The van der Waals surface area contributed by atoms with Gasteiger partial charge in [0.1, 0.15) is 12.4 Å². The van der Waals surface area contributed by atoms with E-state index in [1.54, 1.807) is 18.7 Å². The molecule has 0 spiro atoms. The van der Waals surface area contributed by atoms with Crippen LogP contribution in [0.2, 0.25) is 5.02 Å². The number of halogens is 2. The van der Waals surface area contributed by atoms with Gasteiger partial charge in [0, 0.05) is 19.2 Å². The number of ether oxygens (including phenoxy) is 1. The summed E-state index contributed by atoms with van der Waals surface area (Å²) in [5, 5.41) is 15.1. The second-order valence-electron chi connectivity index (χ2n) is 4.13. The van der Waals surface area contributed by atoms with Gasteiger partial charge >= 0.3 is 5.69 Å². The predicted octanol–water partition coefficient (Wildman–Crippen LogP) is 3.01. The van der Waals surface area contributed by atoms with E-state index in [2.05, 4.69) is 5.10 Å². The van der Waals surface area contributed by atoms with Crippen LogP contribution in [0, 0.1) is 22.9 Å². The van der Waals surface area contributed by atoms with Crippen molar-refractivity contribution < 1.29 is 14.1 Å². The van der Waals surface area contributed by atoms with Gasteiger partial charge in [-0.05, 0) is 13.0 Å². The summed E-state index contributed by atoms with van der Waals surface area (Å²) in [6.45, 7) is 1.85. The maximum atomic E-state index is 13.4. The largest absolute Gasteiger partial charge is 0.487 e. The molecule has 0 bridgehead atoms. The molecule has 8 heteroatoms. The number of hydrogen-bond donors (Lipinski definition) is 0. The van der Waals surface area contributed by atoms with Crippen LogP contribution in [0.4, 0.5) is 10.1 Å². The summed E-state index contributed by atoms with van der Waals surface area (Å²) in [6.07, 6.45) is 0. The molecule has 106 valence electrons. The first-order valence-electron chi connectivity index (χ1n) is 5.65. The van der Waals surface area contributed by atoms with Crippen molar-refractivity contribution in [2.24, 2.45) is 7.05 Å². The van der Waals surface area contributed by atoms with Crippen LogP contribution in [0.25, 0.3) is 0 Å². The van der Waals surface area contributed by atoms with Gasteiger partial charge in [-0.1, -0.05) is 11.6 Å². The molecule has 20 heavy (non-hydrogen) atoms. The number of aromatic nitrogens is 2. The molecule has 2 aromatic rings. The number of rotatable bonds is 4. The maximum Gasteiger partial charge on any atom is 0.305 e. The molecule has 0 N–H and O–H groups in total. The Morgan fingerprint density at radius 3 is 2.75 bits per heavy atom. The highest BCUT2D eigenvalue weighted by molar-refractivity contribution is 6.31. The zero-order valence-corrected chi connectivity index (χ0v) is 11.5. The molecular weight excluding hydrogens is 289 g/mol. The first-order chi connectivity index (χ1) is 9.40. The van der Waals surface area contributed by atoms with Gasteiger partial charge in [-0.3, -0.25) is 14.8 Å². The molecule has 0 aliphatic heterocycles. The molecule has 1 aromatic carbocycles. The number of benzene rings is 1. The second-order valence-corrected chi connectivity index (χ2v) is 4.51. The molecule has 0 atom stereocenters. The Hall–Kier alpha value is -2.15. The Morgan fingerprint density at radius 2 is 2.25 bits per heavy atom. The van der Waals surface area contributed by atoms with Crippen LogP contribution < -0.4 is 4.74 Å². The van der Waals surface area contributed by atoms with Crippen molar-refractivity contribution in [3.63, 3.8) is 0 Å². The Kier molecular flexibility index (Phi) is 3.89. The van der Waals surface area contributed by atoms with Crippen LogP contribution in [0.15, 0.2) is 18.2 Å². The van der Waals surface area contributed by atoms with E-state index in [4.69, 9.17) is 16.3 Å². The topological polar surface area (TPSA) is 70.2 Å². The average Bonchev–Trinajstić information content (AvgIpc) is 2.61. The fourth-order valence-electron chi connectivity index (χ4n) is 1.71. The summed E-state index contributed by atoms with van der Waals surface area (Å²) in [4.78, 5) is 9.71. The number of aryl methyl sites for hydroxylation is 2. The van der Waals surface area contributed by atoms with Crippen molar-refractivity contribution >= 4 is 17.3 Å². The minimum absolute atomic E-state index is 0.0907. The smallest absolute Gasteiger partial charge is 0.305 e. The van der Waals surface area contributed by atoms with E-state index in [1.165, 1.54) is 6.07 Å². The van der Waals surface area contributed by atoms with Crippen LogP contribution >= 0.6 is 11.6 Å². The van der Waals surface area contributed by atoms with Crippen LogP contribution in [0.1, 0.15) is 11.4 Å². The number of hydrogen-bond acceptors (Lipinski definition) is 4. The van der Waals surface area contributed by atoms with E-state index in [9.17, 15) is 14.5 Å². The van der Waals surface area contributed by atoms with E-state index >= 15 is 0 Å². The molecule has 2 rings (SSSR count). The molecule has 1 heterocycles. The summed E-state index contributed by atoms with van der Waals surface area (Å²) in [6, 6.07) is 3.36. The highest BCUT2D eigenvalue weighted by Crippen LogP contribution is 2.25. The van der Waals surface area contributed by atoms with Gasteiger partial charge in [0.25, 0.3) is 0 Å². The number of nitrogens with zero attached hydrogens (tertiary/aromatic N) is 3. The lowest BCUT2D eigenvalue weighted by Gasteiger charge is -2.07. The second kappa shape index (κ2) is 5.46. The van der Waals surface area contributed by atoms with Crippen molar-refractivity contribution in [2.75, 3.05) is 0 Å². The Balaban J connectivity index is 2.15. The zero-order valence-electron chi connectivity index (χ0n) is 10.8. The highest BCUT2D eigenvalue weighted by Gasteiger charge is 2.15. The van der Waals surface area contributed by atoms with Gasteiger partial charge in [-0.25, -0.2) is 0 Å². The first kappa shape index (κ1) is 14.3. The summed E-state index contributed by atoms with van der Waals surface area (Å²) in [5.74, 6) is -0.761. The van der Waals surface area contributed by atoms with Gasteiger partial charge in [0.15, 0.2) is 0 Å². The molecular formula is C12H11ClFN3O3. The third-order valence-electron chi connectivity index (χ3n) is 2.75. The predicted molar refractivity (Wildman–Crippen MR) is 70.3 cm³/mol. The lowest BCUT2D eigenvalue weighted by atomic mass is 10.3. The van der Waals surface area contributed by atoms with E-state index in [0.29, 0.717) is 16.4 Å². The van der Waals surface area contributed by atoms with Crippen molar-refractivity contribution in [3.05, 3.63) is 50.5 Å². The van der Waals surface area contributed by atoms with Gasteiger partial charge in [0.2, 0.25) is 5.82 Å². The minimum Gasteiger partial charge on any atom is -0.487 e. The van der Waals surface area contributed by atoms with Crippen molar-refractivity contribution in [1.82, 2.24) is 9.78 Å². The van der Waals surface area contributed by atoms with Crippen LogP contribution in [-0.4, -0.2) is 14.7 Å². The summed E-state index contributed by atoms with van der Waals surface area (Å²) >= 11 is 6.05. The standard InChI is InChI=1S/C12H11ClFN3O3/c1-7-12(13)11(16(2)15-7)6-20-8-3-4-10(17(18)19)9(14)5-8/h3-5H,6H2,1-2H3. The molecule has 1 aromatic heterocycles. The number of nitro groups is 1. The fraction of sp³-hybridized carbons (Fsp3) is 0.250. The van der Waals surface area contributed by atoms with Crippen LogP contribution in [0.3, 0.4) is 0 Å². The molecule has 0 saturated heterocycles. The van der Waals surface area contributed by atoms with E-state index in [-0.39, 0.29) is 12.4 Å². The van der Waals surface area contributed by atoms with E-state index in [1.807, 2.05) is 0 Å². The zero-order chi connectivity index (χ0) is 14.9. The summed E-state index contributed by atoms with van der Waals surface area (Å²) in [5.41, 5.74) is 0.720. The average molecular weight is 300 g/mol. The van der Waals surface area contributed by atoms with Crippen LogP contribution in [-0.2, 0) is 13.7 Å². The molecule has 0 saturated carbocycles. The van der Waals surface area contributed by atoms with E-state index in [0.717, 1.165) is 12.1 Å². The summed E-state index contributed by atoms with van der Waals surface area (Å²) < 4.78 is 20.4. The highest BCUT2D eigenvalue weighted by atomic mass is 35.5. The third-order valence-corrected chi connectivity index (χ3v) is 3.24. The number of nitro benzene ring substituents is 1. The Bertz CT molecular complexity index is 672. The van der Waals surface area contributed by atoms with E-state index < -0.39 is 16.4 Å². The van der Waals surface area contributed by atoms with Gasteiger partial charge in [0.05, 0.1) is 21.3 Å². The molecule has 0 radical (unpaired) electrons. The Labute approximate surface area is 118 Å². The molecule has 0 aliphatic carbocycles. The van der Waals surface area contributed by atoms with Gasteiger partial charge in [-0.2, -0.15) is 9.49 Å². The van der Waals surface area contributed by atoms with Crippen LogP contribution in [0.5, 0.6) is 5.75 Å². The normalized spacial score (nSPS) is 10.6. The van der Waals surface area contributed by atoms with Crippen molar-refractivity contribution in [3.8, 4) is 5.75 Å². The SMILES string of the molecule is Cc1nn(C)c(COc2ccc([N+](=O)[O-])c(F)c2)c1Cl. The molecule has 0 amide bonds. The van der Waals surface area contributed by atoms with Crippen molar-refractivity contribution in [2.45, 2.75) is 13.5 Å². The fourth-order valence-corrected chi connectivity index (χ4v) is 1.93. The molecule has 0 fully saturated rings. The maximum absolute atomic E-state index is 13.4. The lowest BCUT2D eigenvalue weighted by Crippen LogP contribution is -2.04. The summed E-state index contributed by atoms with van der Waals surface area (Å²) in [7, 11) is 1.72. The lowest BCUT2D eigenvalue weighted by molar-refractivity contribution is -0.387. The third kappa shape index (κ3) is 2.72. The minimum atomic E-state index is -0.945. The first-order valence-corrected chi connectivity index (χ1v) is 6.02. The Morgan fingerprint density at radius 1 is 1.55 bits per heavy atom. The van der Waals surface area contributed by atoms with Crippen molar-refractivity contribution in [1.29, 1.82) is 0 Å². The molecule has 0 aliphatic rings. The quantitative estimate of drug-likeness (QED) is 0.643. The molecule has 6 nitrogen and oxygen atoms in total. The molecule has 0 unspecified atom stereocenters.